The molecule has 5 N–H and O–H groups in total. The minimum Gasteiger partial charge on any atom is -0.493 e. The number of nitrogens with one attached hydrogen (secondary N) is 1. The SMILES string of the molecule is CC(=O)N=Nc1c(O)n(CCC(C)C)c2ccc(Cl)cc12.CC(C)CCn1c(O)c(N=NC(=O)CCC(=O)NN)c2cc(Cl)ccc21. The molecule has 15 heteroatoms. The van der Waals surface area contributed by atoms with Gasteiger partial charge < -0.3 is 19.3 Å². The number of aromatic nitrogens is 2. The summed E-state index contributed by atoms with van der Waals surface area (Å²) in [6.45, 7) is 11.0. The van der Waals surface area contributed by atoms with E-state index in [1.54, 1.807) is 39.5 Å². The van der Waals surface area contributed by atoms with Gasteiger partial charge in [0.2, 0.25) is 17.7 Å². The molecule has 13 nitrogen and oxygen atoms in total. The normalized spacial score (nSPS) is 11.7. The number of amides is 3. The molecule has 47 heavy (non-hydrogen) atoms. The summed E-state index contributed by atoms with van der Waals surface area (Å²) in [6.07, 6.45) is 1.58. The van der Waals surface area contributed by atoms with E-state index in [0.29, 0.717) is 45.7 Å². The minimum atomic E-state index is -0.585. The van der Waals surface area contributed by atoms with E-state index in [4.69, 9.17) is 29.0 Å². The molecule has 2 heterocycles. The first-order chi connectivity index (χ1) is 22.2. The summed E-state index contributed by atoms with van der Waals surface area (Å²) in [5, 5.41) is 38.2. The standard InChI is InChI=1S/C17H22ClN5O3.C15H18ClN3O2/c1-10(2)7-8-23-13-4-3-11(18)9-12(13)16(17(23)26)22-21-15(25)6-5-14(24)20-19;1-9(2)6-7-19-13-5-4-11(16)8-12(13)14(15(19)21)18-17-10(3)20/h3-4,9-10,26H,5-8,19H2,1-2H3,(H,20,24);4-5,8-9,21H,6-7H2,1-3H3. The Balaban J connectivity index is 0.000000261. The van der Waals surface area contributed by atoms with Gasteiger partial charge in [0.05, 0.1) is 11.0 Å². The summed E-state index contributed by atoms with van der Waals surface area (Å²) < 4.78 is 3.51. The smallest absolute Gasteiger partial charge is 0.265 e. The molecular weight excluding hydrogens is 647 g/mol. The second-order valence-corrected chi connectivity index (χ2v) is 12.6. The van der Waals surface area contributed by atoms with Crippen LogP contribution in [0.1, 0.15) is 60.3 Å². The van der Waals surface area contributed by atoms with E-state index in [2.05, 4.69) is 48.2 Å². The van der Waals surface area contributed by atoms with E-state index in [9.17, 15) is 24.6 Å². The van der Waals surface area contributed by atoms with Gasteiger partial charge in [0.1, 0.15) is 0 Å². The first kappa shape index (κ1) is 37.1. The minimum absolute atomic E-state index is 0.0120. The molecule has 0 aliphatic carbocycles. The molecule has 0 spiro atoms. The van der Waals surface area contributed by atoms with Crippen LogP contribution in [0.3, 0.4) is 0 Å². The number of aryl methyl sites for hydroxylation is 2. The highest BCUT2D eigenvalue weighted by Gasteiger charge is 2.19. The Labute approximate surface area is 282 Å². The summed E-state index contributed by atoms with van der Waals surface area (Å²) in [4.78, 5) is 33.8. The van der Waals surface area contributed by atoms with Crippen LogP contribution in [0.2, 0.25) is 10.0 Å². The van der Waals surface area contributed by atoms with Gasteiger partial charge in [-0.15, -0.1) is 20.5 Å². The summed E-state index contributed by atoms with van der Waals surface area (Å²) in [6, 6.07) is 10.5. The van der Waals surface area contributed by atoms with Crippen LogP contribution in [0.5, 0.6) is 11.8 Å². The van der Waals surface area contributed by atoms with Gasteiger partial charge in [-0.05, 0) is 61.1 Å². The predicted molar refractivity (Wildman–Crippen MR) is 182 cm³/mol. The number of carbonyl (C=O) groups excluding carboxylic acids is 3. The van der Waals surface area contributed by atoms with Crippen LogP contribution in [0.15, 0.2) is 56.9 Å². The molecule has 4 rings (SSSR count). The number of benzene rings is 2. The van der Waals surface area contributed by atoms with E-state index in [1.165, 1.54) is 6.92 Å². The quantitative estimate of drug-likeness (QED) is 0.0533. The van der Waals surface area contributed by atoms with Crippen molar-refractivity contribution in [2.24, 2.45) is 38.1 Å². The zero-order chi connectivity index (χ0) is 34.8. The lowest BCUT2D eigenvalue weighted by Crippen LogP contribution is -2.30. The van der Waals surface area contributed by atoms with Gasteiger partial charge in [0, 0.05) is 53.7 Å². The van der Waals surface area contributed by atoms with Gasteiger partial charge in [0.25, 0.3) is 11.8 Å². The van der Waals surface area contributed by atoms with Gasteiger partial charge in [-0.25, -0.2) is 5.84 Å². The maximum atomic E-state index is 11.8. The first-order valence-corrected chi connectivity index (χ1v) is 15.9. The van der Waals surface area contributed by atoms with Gasteiger partial charge in [-0.1, -0.05) is 50.9 Å². The second kappa shape index (κ2) is 17.0. The number of azo groups is 2. The number of hydrogen-bond acceptors (Lipinski definition) is 8. The number of nitrogens with zero attached hydrogens (tertiary/aromatic N) is 6. The van der Waals surface area contributed by atoms with E-state index < -0.39 is 17.7 Å². The average molecular weight is 688 g/mol. The maximum absolute atomic E-state index is 11.8. The molecule has 0 radical (unpaired) electrons. The third kappa shape index (κ3) is 10.1. The van der Waals surface area contributed by atoms with Gasteiger partial charge in [-0.3, -0.25) is 19.8 Å². The van der Waals surface area contributed by atoms with Crippen molar-refractivity contribution in [2.75, 3.05) is 0 Å². The second-order valence-electron chi connectivity index (χ2n) is 11.7. The van der Waals surface area contributed by atoms with Crippen LogP contribution in [-0.4, -0.2) is 37.1 Å². The van der Waals surface area contributed by atoms with Crippen molar-refractivity contribution in [3.63, 3.8) is 0 Å². The fourth-order valence-corrected chi connectivity index (χ4v) is 4.93. The van der Waals surface area contributed by atoms with E-state index in [1.807, 2.05) is 11.5 Å². The number of fused-ring (bicyclic) bond motifs is 2. The Kier molecular flexibility index (Phi) is 13.4. The zero-order valence-corrected chi connectivity index (χ0v) is 28.5. The lowest BCUT2D eigenvalue weighted by atomic mass is 10.1. The predicted octanol–water partition coefficient (Wildman–Crippen LogP) is 8.10. The highest BCUT2D eigenvalue weighted by molar-refractivity contribution is 6.32. The molecular formula is C32H40Cl2N8O5. The Morgan fingerprint density at radius 3 is 1.64 bits per heavy atom. The van der Waals surface area contributed by atoms with Gasteiger partial charge in [-0.2, -0.15) is 0 Å². The molecule has 0 aliphatic heterocycles. The van der Waals surface area contributed by atoms with E-state index in [-0.39, 0.29) is 36.0 Å². The molecule has 4 aromatic rings. The molecule has 0 aliphatic rings. The third-order valence-corrected chi connectivity index (χ3v) is 7.55. The maximum Gasteiger partial charge on any atom is 0.265 e. The summed E-state index contributed by atoms with van der Waals surface area (Å²) in [5.41, 5.74) is 3.99. The molecule has 0 unspecified atom stereocenters. The average Bonchev–Trinajstić information content (AvgIpc) is 3.42. The van der Waals surface area contributed by atoms with Crippen molar-refractivity contribution in [3.8, 4) is 11.8 Å². The number of rotatable bonds is 11. The van der Waals surface area contributed by atoms with E-state index >= 15 is 0 Å². The van der Waals surface area contributed by atoms with Crippen molar-refractivity contribution in [2.45, 2.75) is 73.4 Å². The number of halogens is 2. The fraction of sp³-hybridized carbons (Fsp3) is 0.406. The van der Waals surface area contributed by atoms with Crippen molar-refractivity contribution in [1.29, 1.82) is 0 Å². The van der Waals surface area contributed by atoms with Crippen LogP contribution >= 0.6 is 23.2 Å². The summed E-state index contributed by atoms with van der Waals surface area (Å²) in [5.74, 6) is 4.40. The summed E-state index contributed by atoms with van der Waals surface area (Å²) >= 11 is 12.1. The number of nitrogens with two attached hydrogens (primary N) is 1. The Morgan fingerprint density at radius 2 is 1.23 bits per heavy atom. The van der Waals surface area contributed by atoms with Gasteiger partial charge in [0.15, 0.2) is 11.4 Å². The molecule has 252 valence electrons. The Hall–Kier alpha value is -4.33. The van der Waals surface area contributed by atoms with Crippen LogP contribution < -0.4 is 11.3 Å². The lowest BCUT2D eigenvalue weighted by molar-refractivity contribution is -0.125. The molecule has 0 bridgehead atoms. The van der Waals surface area contributed by atoms with E-state index in [0.717, 1.165) is 23.9 Å². The van der Waals surface area contributed by atoms with Crippen molar-refractivity contribution in [3.05, 3.63) is 46.4 Å². The topological polar surface area (TPSA) is 189 Å². The molecule has 0 saturated carbocycles. The lowest BCUT2D eigenvalue weighted by Gasteiger charge is -2.08. The summed E-state index contributed by atoms with van der Waals surface area (Å²) in [7, 11) is 0. The first-order valence-electron chi connectivity index (χ1n) is 15.1. The number of hydrogen-bond donors (Lipinski definition) is 4. The zero-order valence-electron chi connectivity index (χ0n) is 27.0. The third-order valence-electron chi connectivity index (χ3n) is 7.08. The Bertz CT molecular complexity index is 1810. The van der Waals surface area contributed by atoms with Crippen LogP contribution in [0, 0.1) is 11.8 Å². The molecule has 2 aromatic carbocycles. The molecule has 0 fully saturated rings. The molecule has 3 amide bonds. The van der Waals surface area contributed by atoms with Crippen molar-refractivity contribution in [1.82, 2.24) is 14.6 Å². The van der Waals surface area contributed by atoms with Crippen molar-refractivity contribution >= 4 is 74.1 Å². The van der Waals surface area contributed by atoms with Gasteiger partial charge >= 0.3 is 0 Å². The van der Waals surface area contributed by atoms with Crippen LogP contribution in [-0.2, 0) is 27.5 Å². The number of hydrazine groups is 1. The van der Waals surface area contributed by atoms with Crippen molar-refractivity contribution < 1.29 is 24.6 Å². The monoisotopic (exact) mass is 686 g/mol. The highest BCUT2D eigenvalue weighted by atomic mass is 35.5. The van der Waals surface area contributed by atoms with Crippen LogP contribution in [0.4, 0.5) is 11.4 Å². The molecule has 0 saturated heterocycles. The molecule has 0 atom stereocenters. The fourth-order valence-electron chi connectivity index (χ4n) is 4.58. The molecule has 2 aromatic heterocycles. The van der Waals surface area contributed by atoms with Crippen LogP contribution in [0.25, 0.3) is 21.8 Å². The number of carbonyl (C=O) groups is 3. The Morgan fingerprint density at radius 1 is 0.787 bits per heavy atom. The largest absolute Gasteiger partial charge is 0.493 e. The highest BCUT2D eigenvalue weighted by Crippen LogP contribution is 2.41. The number of aromatic hydroxyl groups is 2.